The third-order valence-corrected chi connectivity index (χ3v) is 3.35. The van der Waals surface area contributed by atoms with Gasteiger partial charge in [-0.05, 0) is 30.9 Å². The van der Waals surface area contributed by atoms with E-state index in [2.05, 4.69) is 6.92 Å². The molecule has 1 heterocycles. The van der Waals surface area contributed by atoms with E-state index in [9.17, 15) is 4.79 Å². The van der Waals surface area contributed by atoms with Crippen molar-refractivity contribution in [3.8, 4) is 0 Å². The minimum absolute atomic E-state index is 0.0446. The van der Waals surface area contributed by atoms with Crippen molar-refractivity contribution in [2.45, 2.75) is 26.8 Å². The standard InChI is InChI=1S/C11H18N2OS/c1-3-15-8-4-7-13-9(2)10(12)5-6-11(13)14/h5-6H,3-4,7-8,12H2,1-2H3. The number of anilines is 1. The van der Waals surface area contributed by atoms with Crippen molar-refractivity contribution in [1.29, 1.82) is 0 Å². The highest BCUT2D eigenvalue weighted by Gasteiger charge is 2.02. The van der Waals surface area contributed by atoms with Gasteiger partial charge in [0.25, 0.3) is 5.56 Å². The van der Waals surface area contributed by atoms with E-state index in [0.717, 1.165) is 30.2 Å². The first-order valence-corrected chi connectivity index (χ1v) is 6.36. The zero-order valence-electron chi connectivity index (χ0n) is 9.32. The van der Waals surface area contributed by atoms with E-state index in [1.54, 1.807) is 10.6 Å². The van der Waals surface area contributed by atoms with Gasteiger partial charge in [0, 0.05) is 18.3 Å². The van der Waals surface area contributed by atoms with Crippen molar-refractivity contribution in [1.82, 2.24) is 4.57 Å². The molecule has 0 radical (unpaired) electrons. The van der Waals surface area contributed by atoms with Gasteiger partial charge < -0.3 is 10.3 Å². The Morgan fingerprint density at radius 2 is 2.20 bits per heavy atom. The average Bonchev–Trinajstić information content (AvgIpc) is 2.23. The first-order valence-electron chi connectivity index (χ1n) is 5.20. The molecule has 0 bridgehead atoms. The summed E-state index contributed by atoms with van der Waals surface area (Å²) < 4.78 is 1.76. The normalized spacial score (nSPS) is 10.5. The summed E-state index contributed by atoms with van der Waals surface area (Å²) in [6, 6.07) is 3.21. The Bertz CT molecular complexity index is 373. The number of hydrogen-bond acceptors (Lipinski definition) is 3. The molecular weight excluding hydrogens is 208 g/mol. The van der Waals surface area contributed by atoms with Gasteiger partial charge in [-0.25, -0.2) is 0 Å². The molecule has 3 nitrogen and oxygen atoms in total. The second-order valence-electron chi connectivity index (χ2n) is 3.41. The maximum Gasteiger partial charge on any atom is 0.250 e. The van der Waals surface area contributed by atoms with E-state index < -0.39 is 0 Å². The molecule has 15 heavy (non-hydrogen) atoms. The molecule has 0 amide bonds. The maximum atomic E-state index is 11.6. The van der Waals surface area contributed by atoms with Crippen molar-refractivity contribution < 1.29 is 0 Å². The van der Waals surface area contributed by atoms with Gasteiger partial charge in [0.15, 0.2) is 0 Å². The van der Waals surface area contributed by atoms with E-state index in [0.29, 0.717) is 5.69 Å². The third-order valence-electron chi connectivity index (χ3n) is 2.37. The summed E-state index contributed by atoms with van der Waals surface area (Å²) in [6.07, 6.45) is 1.02. The van der Waals surface area contributed by atoms with Crippen LogP contribution in [0.1, 0.15) is 19.0 Å². The monoisotopic (exact) mass is 226 g/mol. The number of nitrogen functional groups attached to an aromatic ring is 1. The molecule has 1 aromatic rings. The van der Waals surface area contributed by atoms with Gasteiger partial charge in [0.05, 0.1) is 5.69 Å². The van der Waals surface area contributed by atoms with Crippen LogP contribution in [0.25, 0.3) is 0 Å². The SMILES string of the molecule is CCSCCCn1c(C)c(N)ccc1=O. The molecule has 1 aromatic heterocycles. The largest absolute Gasteiger partial charge is 0.397 e. The fourth-order valence-electron chi connectivity index (χ4n) is 1.44. The minimum Gasteiger partial charge on any atom is -0.397 e. The van der Waals surface area contributed by atoms with Gasteiger partial charge in [-0.15, -0.1) is 0 Å². The fraction of sp³-hybridized carbons (Fsp3) is 0.545. The van der Waals surface area contributed by atoms with Crippen LogP contribution in [0.15, 0.2) is 16.9 Å². The Morgan fingerprint density at radius 3 is 2.87 bits per heavy atom. The number of nitrogens with zero attached hydrogens (tertiary/aromatic N) is 1. The van der Waals surface area contributed by atoms with E-state index in [1.807, 2.05) is 18.7 Å². The molecule has 1 rings (SSSR count). The molecule has 0 aliphatic heterocycles. The summed E-state index contributed by atoms with van der Waals surface area (Å²) >= 11 is 1.90. The first kappa shape index (κ1) is 12.2. The summed E-state index contributed by atoms with van der Waals surface area (Å²) in [5, 5.41) is 0. The van der Waals surface area contributed by atoms with Crippen molar-refractivity contribution in [3.05, 3.63) is 28.2 Å². The Hall–Kier alpha value is -0.900. The van der Waals surface area contributed by atoms with Crippen LogP contribution in [-0.2, 0) is 6.54 Å². The lowest BCUT2D eigenvalue weighted by molar-refractivity contribution is 0.641. The zero-order valence-corrected chi connectivity index (χ0v) is 10.1. The van der Waals surface area contributed by atoms with E-state index in [4.69, 9.17) is 5.73 Å². The fourth-order valence-corrected chi connectivity index (χ4v) is 2.06. The van der Waals surface area contributed by atoms with Gasteiger partial charge in [0.2, 0.25) is 0 Å². The van der Waals surface area contributed by atoms with Crippen LogP contribution in [0, 0.1) is 6.92 Å². The summed E-state index contributed by atoms with van der Waals surface area (Å²) in [4.78, 5) is 11.6. The Kier molecular flexibility index (Phi) is 4.75. The van der Waals surface area contributed by atoms with Crippen LogP contribution < -0.4 is 11.3 Å². The second kappa shape index (κ2) is 5.85. The average molecular weight is 226 g/mol. The summed E-state index contributed by atoms with van der Waals surface area (Å²) in [7, 11) is 0. The van der Waals surface area contributed by atoms with Crippen LogP contribution in [0.3, 0.4) is 0 Å². The van der Waals surface area contributed by atoms with Crippen LogP contribution in [0.5, 0.6) is 0 Å². The number of rotatable bonds is 5. The number of thioether (sulfide) groups is 1. The third kappa shape index (κ3) is 3.30. The number of aromatic nitrogens is 1. The van der Waals surface area contributed by atoms with Crippen LogP contribution in [-0.4, -0.2) is 16.1 Å². The second-order valence-corrected chi connectivity index (χ2v) is 4.81. The molecule has 84 valence electrons. The van der Waals surface area contributed by atoms with Gasteiger partial charge in [0.1, 0.15) is 0 Å². The topological polar surface area (TPSA) is 48.0 Å². The molecule has 0 unspecified atom stereocenters. The molecule has 2 N–H and O–H groups in total. The smallest absolute Gasteiger partial charge is 0.250 e. The number of pyridine rings is 1. The molecule has 0 aliphatic rings. The quantitative estimate of drug-likeness (QED) is 0.780. The Balaban J connectivity index is 2.68. The van der Waals surface area contributed by atoms with Crippen LogP contribution in [0.4, 0.5) is 5.69 Å². The lowest BCUT2D eigenvalue weighted by atomic mass is 10.3. The van der Waals surface area contributed by atoms with Gasteiger partial charge in [-0.1, -0.05) is 6.92 Å². The molecule has 0 spiro atoms. The molecule has 0 saturated heterocycles. The van der Waals surface area contributed by atoms with Crippen molar-refractivity contribution in [2.75, 3.05) is 17.2 Å². The highest BCUT2D eigenvalue weighted by Crippen LogP contribution is 2.08. The van der Waals surface area contributed by atoms with Crippen LogP contribution in [0.2, 0.25) is 0 Å². The maximum absolute atomic E-state index is 11.6. The number of nitrogens with two attached hydrogens (primary N) is 1. The highest BCUT2D eigenvalue weighted by atomic mass is 32.2. The Morgan fingerprint density at radius 1 is 1.47 bits per heavy atom. The minimum atomic E-state index is 0.0446. The van der Waals surface area contributed by atoms with Crippen molar-refractivity contribution >= 4 is 17.4 Å². The van der Waals surface area contributed by atoms with Crippen molar-refractivity contribution in [2.24, 2.45) is 0 Å². The van der Waals surface area contributed by atoms with Crippen molar-refractivity contribution in [3.63, 3.8) is 0 Å². The Labute approximate surface area is 94.7 Å². The van der Waals surface area contributed by atoms with Crippen LogP contribution >= 0.6 is 11.8 Å². The summed E-state index contributed by atoms with van der Waals surface area (Å²) in [5.74, 6) is 2.22. The van der Waals surface area contributed by atoms with Gasteiger partial charge >= 0.3 is 0 Å². The molecule has 4 heteroatoms. The molecule has 0 aromatic carbocycles. The van der Waals surface area contributed by atoms with Gasteiger partial charge in [-0.3, -0.25) is 4.79 Å². The first-order chi connectivity index (χ1) is 7.16. The molecular formula is C11H18N2OS. The summed E-state index contributed by atoms with van der Waals surface area (Å²) in [5.41, 5.74) is 7.37. The van der Waals surface area contributed by atoms with Gasteiger partial charge in [-0.2, -0.15) is 11.8 Å². The highest BCUT2D eigenvalue weighted by molar-refractivity contribution is 7.99. The number of hydrogen-bond donors (Lipinski definition) is 1. The predicted molar refractivity (Wildman–Crippen MR) is 67.5 cm³/mol. The lowest BCUT2D eigenvalue weighted by Gasteiger charge is -2.10. The molecule has 0 atom stereocenters. The zero-order chi connectivity index (χ0) is 11.3. The molecule has 0 aliphatic carbocycles. The predicted octanol–water partition coefficient (Wildman–Crippen LogP) is 1.88. The lowest BCUT2D eigenvalue weighted by Crippen LogP contribution is -2.22. The summed E-state index contributed by atoms with van der Waals surface area (Å²) in [6.45, 7) is 4.80. The van der Waals surface area contributed by atoms with E-state index in [1.165, 1.54) is 6.07 Å². The van der Waals surface area contributed by atoms with E-state index in [-0.39, 0.29) is 5.56 Å². The molecule has 0 saturated carbocycles. The van der Waals surface area contributed by atoms with E-state index >= 15 is 0 Å². The molecule has 0 fully saturated rings.